The van der Waals surface area contributed by atoms with Gasteiger partial charge >= 0.3 is 0 Å². The second-order valence-corrected chi connectivity index (χ2v) is 6.30. The number of nitrogens with zero attached hydrogens (tertiary/aromatic N) is 1. The molecule has 1 atom stereocenters. The van der Waals surface area contributed by atoms with E-state index >= 15 is 0 Å². The minimum Gasteiger partial charge on any atom is -0.380 e. The molecular weight excluding hydrogens is 294 g/mol. The van der Waals surface area contributed by atoms with Crippen LogP contribution in [0.2, 0.25) is 0 Å². The van der Waals surface area contributed by atoms with E-state index in [9.17, 15) is 4.79 Å². The first-order valence-corrected chi connectivity index (χ1v) is 8.17. The zero-order valence-corrected chi connectivity index (χ0v) is 13.0. The molecule has 20 heavy (non-hydrogen) atoms. The second-order valence-electron chi connectivity index (χ2n) is 4.21. The smallest absolute Gasteiger partial charge is 0.227 e. The van der Waals surface area contributed by atoms with Crippen molar-refractivity contribution in [2.45, 2.75) is 16.9 Å². The molecule has 0 aliphatic rings. The lowest BCUT2D eigenvalue weighted by atomic mass is 10.2. The van der Waals surface area contributed by atoms with E-state index in [4.69, 9.17) is 10.5 Å². The predicted molar refractivity (Wildman–Crippen MR) is 84.5 cm³/mol. The summed E-state index contributed by atoms with van der Waals surface area (Å²) in [7, 11) is 1.55. The van der Waals surface area contributed by atoms with Gasteiger partial charge in [0.05, 0.1) is 22.7 Å². The van der Waals surface area contributed by atoms with Crippen molar-refractivity contribution < 1.29 is 9.53 Å². The fourth-order valence-electron chi connectivity index (χ4n) is 1.75. The van der Waals surface area contributed by atoms with Crippen molar-refractivity contribution in [2.75, 3.05) is 25.2 Å². The number of fused-ring (bicyclic) bond motifs is 1. The number of nitrogens with one attached hydrogen (secondary N) is 1. The average molecular weight is 311 g/mol. The Kier molecular flexibility index (Phi) is 5.36. The molecule has 5 nitrogen and oxygen atoms in total. The number of carbonyl (C=O) groups is 1. The van der Waals surface area contributed by atoms with Gasteiger partial charge in [-0.25, -0.2) is 4.98 Å². The molecule has 3 N–H and O–H groups in total. The number of ether oxygens (including phenoxy) is 1. The normalized spacial score (nSPS) is 12.6. The number of thiazole rings is 1. The van der Waals surface area contributed by atoms with Crippen LogP contribution in [0.3, 0.4) is 0 Å². The lowest BCUT2D eigenvalue weighted by Gasteiger charge is -2.12. The molecule has 108 valence electrons. The number of hydrogen-bond acceptors (Lipinski definition) is 6. The number of carbonyl (C=O) groups excluding carboxylic acids is 1. The number of hydrogen-bond donors (Lipinski definition) is 2. The SMILES string of the molecule is COC(CN)CC(=O)Nc1ccc2nc(SC)sc2c1. The molecule has 0 aliphatic heterocycles. The van der Waals surface area contributed by atoms with E-state index < -0.39 is 0 Å². The maximum atomic E-state index is 11.9. The van der Waals surface area contributed by atoms with Gasteiger partial charge in [-0.1, -0.05) is 11.8 Å². The first-order valence-electron chi connectivity index (χ1n) is 6.13. The highest BCUT2D eigenvalue weighted by Gasteiger charge is 2.12. The van der Waals surface area contributed by atoms with Crippen LogP contribution in [0, 0.1) is 0 Å². The summed E-state index contributed by atoms with van der Waals surface area (Å²) in [4.78, 5) is 16.3. The molecule has 7 heteroatoms. The third-order valence-corrected chi connectivity index (χ3v) is 4.84. The van der Waals surface area contributed by atoms with Crippen molar-refractivity contribution in [3.8, 4) is 0 Å². The highest BCUT2D eigenvalue weighted by atomic mass is 32.2. The number of benzene rings is 1. The van der Waals surface area contributed by atoms with E-state index in [0.717, 1.165) is 20.2 Å². The van der Waals surface area contributed by atoms with Gasteiger partial charge in [0.2, 0.25) is 5.91 Å². The second kappa shape index (κ2) is 7.03. The van der Waals surface area contributed by atoms with Crippen LogP contribution in [0.4, 0.5) is 5.69 Å². The van der Waals surface area contributed by atoms with Crippen LogP contribution in [0.1, 0.15) is 6.42 Å². The van der Waals surface area contributed by atoms with E-state index in [-0.39, 0.29) is 18.4 Å². The number of nitrogens with two attached hydrogens (primary N) is 1. The maximum Gasteiger partial charge on any atom is 0.227 e. The summed E-state index contributed by atoms with van der Waals surface area (Å²) >= 11 is 3.24. The van der Waals surface area contributed by atoms with Crippen LogP contribution in [-0.2, 0) is 9.53 Å². The van der Waals surface area contributed by atoms with E-state index in [2.05, 4.69) is 10.3 Å². The first kappa shape index (κ1) is 15.2. The van der Waals surface area contributed by atoms with Crippen LogP contribution in [0.25, 0.3) is 10.2 Å². The quantitative estimate of drug-likeness (QED) is 0.801. The molecule has 1 amide bonds. The van der Waals surface area contributed by atoms with Crippen LogP contribution in [0.15, 0.2) is 22.5 Å². The van der Waals surface area contributed by atoms with Crippen LogP contribution in [-0.4, -0.2) is 36.9 Å². The van der Waals surface area contributed by atoms with Gasteiger partial charge in [0.15, 0.2) is 4.34 Å². The molecule has 1 aromatic heterocycles. The van der Waals surface area contributed by atoms with Gasteiger partial charge in [0.1, 0.15) is 0 Å². The van der Waals surface area contributed by atoms with Gasteiger partial charge in [0, 0.05) is 19.3 Å². The summed E-state index contributed by atoms with van der Waals surface area (Å²) in [5.74, 6) is -0.101. The minimum absolute atomic E-state index is 0.101. The summed E-state index contributed by atoms with van der Waals surface area (Å²) in [6.07, 6.45) is 2.01. The Morgan fingerprint density at radius 2 is 2.40 bits per heavy atom. The van der Waals surface area contributed by atoms with Crippen molar-refractivity contribution in [2.24, 2.45) is 5.73 Å². The van der Waals surface area contributed by atoms with Crippen molar-refractivity contribution >= 4 is 44.9 Å². The van der Waals surface area contributed by atoms with E-state index in [1.165, 1.54) is 0 Å². The van der Waals surface area contributed by atoms with Crippen LogP contribution >= 0.6 is 23.1 Å². The summed E-state index contributed by atoms with van der Waals surface area (Å²) in [6.45, 7) is 0.328. The Morgan fingerprint density at radius 3 is 3.05 bits per heavy atom. The molecule has 2 rings (SSSR count). The van der Waals surface area contributed by atoms with Crippen LogP contribution < -0.4 is 11.1 Å². The zero-order chi connectivity index (χ0) is 14.5. The van der Waals surface area contributed by atoms with Crippen molar-refractivity contribution in [3.63, 3.8) is 0 Å². The largest absolute Gasteiger partial charge is 0.380 e. The Labute approximate surface area is 125 Å². The number of rotatable bonds is 6. The zero-order valence-electron chi connectivity index (χ0n) is 11.4. The average Bonchev–Trinajstić information content (AvgIpc) is 2.87. The molecule has 0 saturated heterocycles. The molecule has 2 aromatic rings. The van der Waals surface area contributed by atoms with Crippen LogP contribution in [0.5, 0.6) is 0 Å². The Morgan fingerprint density at radius 1 is 1.60 bits per heavy atom. The van der Waals surface area contributed by atoms with Crippen molar-refractivity contribution in [1.29, 1.82) is 0 Å². The molecule has 0 bridgehead atoms. The fraction of sp³-hybridized carbons (Fsp3) is 0.385. The van der Waals surface area contributed by atoms with Gasteiger partial charge < -0.3 is 15.8 Å². The van der Waals surface area contributed by atoms with Gasteiger partial charge in [-0.3, -0.25) is 4.79 Å². The van der Waals surface area contributed by atoms with Gasteiger partial charge in [-0.2, -0.15) is 0 Å². The maximum absolute atomic E-state index is 11.9. The van der Waals surface area contributed by atoms with Gasteiger partial charge in [-0.05, 0) is 24.5 Å². The lowest BCUT2D eigenvalue weighted by molar-refractivity contribution is -0.118. The van der Waals surface area contributed by atoms with E-state index in [0.29, 0.717) is 6.54 Å². The molecule has 0 fully saturated rings. The molecule has 0 aliphatic carbocycles. The summed E-state index contributed by atoms with van der Waals surface area (Å²) < 4.78 is 7.18. The highest BCUT2D eigenvalue weighted by Crippen LogP contribution is 2.29. The minimum atomic E-state index is -0.245. The number of methoxy groups -OCH3 is 1. The third-order valence-electron chi connectivity index (χ3n) is 2.84. The third kappa shape index (κ3) is 3.69. The summed E-state index contributed by atoms with van der Waals surface area (Å²) in [6, 6.07) is 5.71. The molecule has 1 heterocycles. The lowest BCUT2D eigenvalue weighted by Crippen LogP contribution is -2.28. The Bertz CT molecular complexity index is 596. The Balaban J connectivity index is 2.07. The molecular formula is C13H17N3O2S2. The highest BCUT2D eigenvalue weighted by molar-refractivity contribution is 8.00. The topological polar surface area (TPSA) is 77.2 Å². The number of thioether (sulfide) groups is 1. The standard InChI is InChI=1S/C13H17N3O2S2/c1-18-9(7-14)6-12(17)15-8-3-4-10-11(5-8)20-13(16-10)19-2/h3-5,9H,6-7,14H2,1-2H3,(H,15,17). The number of aromatic nitrogens is 1. The van der Waals surface area contributed by atoms with Gasteiger partial charge in [0.25, 0.3) is 0 Å². The van der Waals surface area contributed by atoms with Crippen molar-refractivity contribution in [3.05, 3.63) is 18.2 Å². The molecule has 1 unspecified atom stereocenters. The predicted octanol–water partition coefficient (Wildman–Crippen LogP) is 2.32. The fourth-order valence-corrected chi connectivity index (χ4v) is 3.28. The van der Waals surface area contributed by atoms with E-state index in [1.54, 1.807) is 30.2 Å². The summed E-state index contributed by atoms with van der Waals surface area (Å²) in [5.41, 5.74) is 7.23. The number of amides is 1. The molecule has 0 spiro atoms. The number of anilines is 1. The van der Waals surface area contributed by atoms with E-state index in [1.807, 2.05) is 24.5 Å². The first-order chi connectivity index (χ1) is 9.66. The molecule has 1 aromatic carbocycles. The monoisotopic (exact) mass is 311 g/mol. The summed E-state index contributed by atoms with van der Waals surface area (Å²) in [5, 5.41) is 2.86. The molecule has 0 saturated carbocycles. The van der Waals surface area contributed by atoms with Gasteiger partial charge in [-0.15, -0.1) is 11.3 Å². The molecule has 0 radical (unpaired) electrons. The van der Waals surface area contributed by atoms with Crippen molar-refractivity contribution in [1.82, 2.24) is 4.98 Å². The Hall–Kier alpha value is -1.15.